The first-order valence-corrected chi connectivity index (χ1v) is 14.4. The number of phenols is 1. The molecule has 1 heterocycles. The smallest absolute Gasteiger partial charge is 0.305 e. The Labute approximate surface area is 222 Å². The second kappa shape index (κ2) is 14.0. The van der Waals surface area contributed by atoms with Gasteiger partial charge in [-0.2, -0.15) is 11.8 Å². The maximum Gasteiger partial charge on any atom is 0.305 e. The molecule has 1 fully saturated rings. The van der Waals surface area contributed by atoms with Crippen molar-refractivity contribution in [3.05, 3.63) is 59.2 Å². The second-order valence-electron chi connectivity index (χ2n) is 8.77. The molecule has 2 unspecified atom stereocenters. The summed E-state index contributed by atoms with van der Waals surface area (Å²) in [5, 5.41) is 10.8. The topological polar surface area (TPSA) is 82.1 Å². The maximum atomic E-state index is 11.8. The van der Waals surface area contributed by atoms with Crippen molar-refractivity contribution in [3.63, 3.8) is 0 Å². The number of carbonyl (C=O) groups is 2. The van der Waals surface area contributed by atoms with E-state index in [0.717, 1.165) is 29.9 Å². The molecule has 0 aliphatic carbocycles. The average molecular weight is 533 g/mol. The van der Waals surface area contributed by atoms with Crippen molar-refractivity contribution < 1.29 is 28.9 Å². The van der Waals surface area contributed by atoms with E-state index >= 15 is 0 Å². The van der Waals surface area contributed by atoms with Crippen LogP contribution in [0.3, 0.4) is 0 Å². The Morgan fingerprint density at radius 2 is 2.00 bits per heavy atom. The van der Waals surface area contributed by atoms with E-state index < -0.39 is 4.93 Å². The summed E-state index contributed by atoms with van der Waals surface area (Å²) >= 11 is 3.67. The van der Waals surface area contributed by atoms with Crippen LogP contribution in [0.25, 0.3) is 0 Å². The van der Waals surface area contributed by atoms with Gasteiger partial charge in [-0.25, -0.2) is 0 Å². The number of rotatable bonds is 14. The number of aromatic hydroxyl groups is 1. The van der Waals surface area contributed by atoms with Gasteiger partial charge in [-0.3, -0.25) is 9.59 Å². The Kier molecular flexibility index (Phi) is 11.0. The first-order chi connectivity index (χ1) is 17.4. The van der Waals surface area contributed by atoms with Gasteiger partial charge >= 0.3 is 5.97 Å². The number of benzene rings is 2. The average Bonchev–Trinajstić information content (AvgIpc) is 3.31. The van der Waals surface area contributed by atoms with Gasteiger partial charge in [0.25, 0.3) is 0 Å². The summed E-state index contributed by atoms with van der Waals surface area (Å²) in [6.45, 7) is 4.68. The monoisotopic (exact) mass is 532 g/mol. The van der Waals surface area contributed by atoms with E-state index in [2.05, 4.69) is 12.1 Å². The fourth-order valence-electron chi connectivity index (χ4n) is 4.22. The summed E-state index contributed by atoms with van der Waals surface area (Å²) in [6.07, 6.45) is 3.29. The van der Waals surface area contributed by atoms with E-state index in [9.17, 15) is 14.7 Å². The molecule has 1 N–H and O–H groups in total. The van der Waals surface area contributed by atoms with Crippen LogP contribution in [0.1, 0.15) is 61.0 Å². The number of ether oxygens (including phenoxy) is 3. The number of thioether (sulfide) groups is 2. The minimum absolute atomic E-state index is 0.0450. The predicted molar refractivity (Wildman–Crippen MR) is 146 cm³/mol. The molecule has 0 radical (unpaired) electrons. The Morgan fingerprint density at radius 3 is 2.69 bits per heavy atom. The van der Waals surface area contributed by atoms with E-state index in [0.29, 0.717) is 54.6 Å². The number of esters is 1. The SMILES string of the molecule is CCCc1c(OCCCSCC2COC(CCC(=O)OC)(c3ccccc3)S2)ccc(C(C)=O)c1O. The zero-order valence-corrected chi connectivity index (χ0v) is 22.9. The van der Waals surface area contributed by atoms with E-state index in [1.807, 2.05) is 36.9 Å². The van der Waals surface area contributed by atoms with Crippen LogP contribution in [-0.4, -0.2) is 53.9 Å². The molecule has 3 rings (SSSR count). The molecular weight excluding hydrogens is 496 g/mol. The molecule has 0 bridgehead atoms. The van der Waals surface area contributed by atoms with Crippen molar-refractivity contribution >= 4 is 35.3 Å². The molecule has 1 saturated heterocycles. The van der Waals surface area contributed by atoms with E-state index in [4.69, 9.17) is 14.2 Å². The number of methoxy groups -OCH3 is 1. The number of hydrogen-bond acceptors (Lipinski definition) is 8. The highest BCUT2D eigenvalue weighted by molar-refractivity contribution is 8.04. The van der Waals surface area contributed by atoms with Gasteiger partial charge in [0.15, 0.2) is 5.78 Å². The summed E-state index contributed by atoms with van der Waals surface area (Å²) in [6, 6.07) is 13.5. The zero-order valence-electron chi connectivity index (χ0n) is 21.3. The van der Waals surface area contributed by atoms with Gasteiger partial charge in [0.2, 0.25) is 0 Å². The van der Waals surface area contributed by atoms with Crippen LogP contribution in [0.5, 0.6) is 11.5 Å². The van der Waals surface area contributed by atoms with Crippen molar-refractivity contribution in [1.29, 1.82) is 0 Å². The third-order valence-corrected chi connectivity index (χ3v) is 9.07. The van der Waals surface area contributed by atoms with Gasteiger partial charge in [0, 0.05) is 29.4 Å². The molecule has 196 valence electrons. The lowest BCUT2D eigenvalue weighted by Crippen LogP contribution is -2.23. The van der Waals surface area contributed by atoms with Crippen LogP contribution in [0, 0.1) is 0 Å². The molecule has 2 atom stereocenters. The summed E-state index contributed by atoms with van der Waals surface area (Å²) in [7, 11) is 1.41. The van der Waals surface area contributed by atoms with Gasteiger partial charge < -0.3 is 19.3 Å². The van der Waals surface area contributed by atoms with Crippen LogP contribution in [0.2, 0.25) is 0 Å². The number of hydrogen-bond donors (Lipinski definition) is 1. The van der Waals surface area contributed by atoms with Crippen LogP contribution in [0.15, 0.2) is 42.5 Å². The summed E-state index contributed by atoms with van der Waals surface area (Å²) in [5.41, 5.74) is 2.14. The largest absolute Gasteiger partial charge is 0.507 e. The molecule has 8 heteroatoms. The van der Waals surface area contributed by atoms with Crippen molar-refractivity contribution in [3.8, 4) is 11.5 Å². The van der Waals surface area contributed by atoms with Crippen molar-refractivity contribution in [1.82, 2.24) is 0 Å². The third kappa shape index (κ3) is 7.43. The quantitative estimate of drug-likeness (QED) is 0.181. The molecule has 1 aliphatic heterocycles. The fraction of sp³-hybridized carbons (Fsp3) is 0.500. The zero-order chi connectivity index (χ0) is 26.0. The fourth-order valence-corrected chi connectivity index (χ4v) is 6.93. The van der Waals surface area contributed by atoms with Crippen LogP contribution in [0.4, 0.5) is 0 Å². The van der Waals surface area contributed by atoms with Gasteiger partial charge in [-0.05, 0) is 43.2 Å². The number of ketones is 1. The predicted octanol–water partition coefficient (Wildman–Crippen LogP) is 5.99. The van der Waals surface area contributed by atoms with Crippen LogP contribution in [-0.2, 0) is 25.6 Å². The van der Waals surface area contributed by atoms with Crippen molar-refractivity contribution in [2.75, 3.05) is 31.8 Å². The molecule has 0 aromatic heterocycles. The molecule has 0 saturated carbocycles. The van der Waals surface area contributed by atoms with Crippen LogP contribution >= 0.6 is 23.5 Å². The third-order valence-electron chi connectivity index (χ3n) is 6.07. The lowest BCUT2D eigenvalue weighted by molar-refractivity contribution is -0.141. The first-order valence-electron chi connectivity index (χ1n) is 12.4. The lowest BCUT2D eigenvalue weighted by Gasteiger charge is -2.28. The summed E-state index contributed by atoms with van der Waals surface area (Å²) in [5.74, 6) is 2.22. The van der Waals surface area contributed by atoms with Gasteiger partial charge in [-0.15, -0.1) is 11.8 Å². The Bertz CT molecular complexity index is 1010. The first kappa shape index (κ1) is 28.4. The van der Waals surface area contributed by atoms with Gasteiger partial charge in [-0.1, -0.05) is 43.7 Å². The molecular formula is C28H36O6S2. The highest BCUT2D eigenvalue weighted by atomic mass is 32.2. The molecule has 6 nitrogen and oxygen atoms in total. The highest BCUT2D eigenvalue weighted by Gasteiger charge is 2.42. The molecule has 2 aromatic carbocycles. The standard InChI is InChI=1S/C28H36O6S2/c1-4-9-24-25(13-12-23(20(2)29)27(24)31)33-16-8-17-35-19-22-18-34-28(36-22,15-14-26(30)32-3)21-10-6-5-7-11-21/h5-7,10-13,22,31H,4,8-9,14-19H2,1-3H3. The lowest BCUT2D eigenvalue weighted by atomic mass is 10.0. The van der Waals surface area contributed by atoms with E-state index in [1.54, 1.807) is 23.9 Å². The van der Waals surface area contributed by atoms with E-state index in [-0.39, 0.29) is 17.5 Å². The minimum Gasteiger partial charge on any atom is -0.507 e. The molecule has 1 aliphatic rings. The van der Waals surface area contributed by atoms with Crippen molar-refractivity contribution in [2.24, 2.45) is 0 Å². The molecule has 0 amide bonds. The molecule has 36 heavy (non-hydrogen) atoms. The summed E-state index contributed by atoms with van der Waals surface area (Å²) in [4.78, 5) is 23.0. The number of carbonyl (C=O) groups excluding carboxylic acids is 2. The molecule has 0 spiro atoms. The second-order valence-corrected chi connectivity index (χ2v) is 11.5. The van der Waals surface area contributed by atoms with Gasteiger partial charge in [0.05, 0.1) is 25.9 Å². The minimum atomic E-state index is -0.520. The number of Topliss-reactive ketones (excluding diaryl/α,β-unsaturated/α-hetero) is 1. The maximum absolute atomic E-state index is 11.8. The number of phenolic OH excluding ortho intramolecular Hbond substituents is 1. The highest BCUT2D eigenvalue weighted by Crippen LogP contribution is 2.50. The Hall–Kier alpha value is -2.16. The Morgan fingerprint density at radius 1 is 1.22 bits per heavy atom. The normalized spacial score (nSPS) is 19.2. The van der Waals surface area contributed by atoms with E-state index in [1.165, 1.54) is 14.0 Å². The van der Waals surface area contributed by atoms with Gasteiger partial charge in [0.1, 0.15) is 16.4 Å². The van der Waals surface area contributed by atoms with Crippen molar-refractivity contribution in [2.45, 2.75) is 56.1 Å². The molecule has 2 aromatic rings. The summed E-state index contributed by atoms with van der Waals surface area (Å²) < 4.78 is 17.1. The van der Waals surface area contributed by atoms with Crippen LogP contribution < -0.4 is 4.74 Å². The Balaban J connectivity index is 1.47.